The summed E-state index contributed by atoms with van der Waals surface area (Å²) in [5, 5.41) is 6.50. The van der Waals surface area contributed by atoms with Crippen molar-refractivity contribution in [1.82, 2.24) is 0 Å². The van der Waals surface area contributed by atoms with Crippen LogP contribution in [0.15, 0.2) is 24.3 Å². The molecule has 1 heterocycles. The summed E-state index contributed by atoms with van der Waals surface area (Å²) in [5.74, 6) is 4.06. The van der Waals surface area contributed by atoms with Crippen LogP contribution in [0.25, 0.3) is 0 Å². The van der Waals surface area contributed by atoms with Gasteiger partial charge in [0.1, 0.15) is 5.75 Å². The molecular formula is C8H9NO3. The van der Waals surface area contributed by atoms with E-state index in [0.717, 1.165) is 5.56 Å². The minimum atomic E-state index is -0.152. The summed E-state index contributed by atoms with van der Waals surface area (Å²) in [7, 11) is 0. The van der Waals surface area contributed by atoms with Crippen LogP contribution in [0, 0.1) is 0 Å². The number of carbonyl (C=O) groups is 1. The quantitative estimate of drug-likeness (QED) is 0.335. The van der Waals surface area contributed by atoms with Crippen LogP contribution in [0.4, 0.5) is 0 Å². The maximum Gasteiger partial charge on any atom is 0.315 e. The average molecular weight is 167 g/mol. The Bertz CT molecular complexity index is 258. The van der Waals surface area contributed by atoms with E-state index in [-0.39, 0.29) is 5.97 Å². The minimum Gasteiger partial charge on any atom is -0.426 e. The van der Waals surface area contributed by atoms with Crippen LogP contribution in [-0.4, -0.2) is 11.2 Å². The first-order chi connectivity index (χ1) is 5.86. The highest BCUT2D eigenvalue weighted by atomic mass is 16.5. The Labute approximate surface area is 69.5 Å². The van der Waals surface area contributed by atoms with E-state index in [1.807, 2.05) is 18.2 Å². The van der Waals surface area contributed by atoms with Crippen molar-refractivity contribution in [2.24, 2.45) is 5.90 Å². The molecule has 0 atom stereocenters. The van der Waals surface area contributed by atoms with Gasteiger partial charge in [-0.1, -0.05) is 18.2 Å². The fraction of sp³-hybridized carbons (Fsp3) is 0.125. The number of hydrogen-bond acceptors (Lipinski definition) is 4. The number of fused-ring (bicyclic) bond motifs is 1. The molecular weight excluding hydrogens is 158 g/mol. The molecule has 1 aliphatic rings. The van der Waals surface area contributed by atoms with Gasteiger partial charge in [-0.15, -0.1) is 0 Å². The minimum absolute atomic E-state index is 0.152. The number of carbonyl (C=O) groups excluding carboxylic acids is 1. The van der Waals surface area contributed by atoms with Crippen molar-refractivity contribution < 1.29 is 14.7 Å². The summed E-state index contributed by atoms with van der Waals surface area (Å²) < 4.78 is 4.87. The van der Waals surface area contributed by atoms with E-state index in [4.69, 9.17) is 9.94 Å². The highest BCUT2D eigenvalue weighted by Crippen LogP contribution is 2.24. The van der Waals surface area contributed by atoms with Crippen molar-refractivity contribution in [3.8, 4) is 5.75 Å². The third-order valence-corrected chi connectivity index (χ3v) is 1.53. The lowest BCUT2D eigenvalue weighted by Gasteiger charge is -1.91. The van der Waals surface area contributed by atoms with Crippen molar-refractivity contribution in [3.63, 3.8) is 0 Å². The summed E-state index contributed by atoms with van der Waals surface area (Å²) >= 11 is 0. The first-order valence-corrected chi connectivity index (χ1v) is 3.41. The van der Waals surface area contributed by atoms with E-state index in [0.29, 0.717) is 12.2 Å². The van der Waals surface area contributed by atoms with Crippen LogP contribution in [0.5, 0.6) is 5.75 Å². The van der Waals surface area contributed by atoms with Gasteiger partial charge in [-0.3, -0.25) is 4.79 Å². The molecule has 0 saturated heterocycles. The predicted molar refractivity (Wildman–Crippen MR) is 41.8 cm³/mol. The van der Waals surface area contributed by atoms with Gasteiger partial charge in [-0.2, -0.15) is 0 Å². The van der Waals surface area contributed by atoms with E-state index in [1.54, 1.807) is 6.07 Å². The molecule has 0 aromatic heterocycles. The Hall–Kier alpha value is -1.39. The molecule has 4 heteroatoms. The van der Waals surface area contributed by atoms with Gasteiger partial charge in [0.15, 0.2) is 0 Å². The molecule has 0 spiro atoms. The van der Waals surface area contributed by atoms with Crippen LogP contribution < -0.4 is 10.6 Å². The normalized spacial score (nSPS) is 12.7. The number of esters is 1. The van der Waals surface area contributed by atoms with Crippen LogP contribution in [0.2, 0.25) is 0 Å². The van der Waals surface area contributed by atoms with Gasteiger partial charge in [-0.05, 0) is 6.07 Å². The standard InChI is InChI=1S/C8H6O2.H3NO/c9-8-5-6-3-1-2-4-7(6)10-8;1-2/h1-4H,5H2;2H,1H2. The van der Waals surface area contributed by atoms with Crippen molar-refractivity contribution in [2.45, 2.75) is 6.42 Å². The fourth-order valence-electron chi connectivity index (χ4n) is 1.06. The molecule has 2 rings (SSSR count). The summed E-state index contributed by atoms with van der Waals surface area (Å²) in [6.07, 6.45) is 0.427. The van der Waals surface area contributed by atoms with Crippen LogP contribution in [0.3, 0.4) is 0 Å². The summed E-state index contributed by atoms with van der Waals surface area (Å²) in [5.41, 5.74) is 0.993. The molecule has 1 aromatic rings. The molecule has 0 aliphatic carbocycles. The molecule has 3 N–H and O–H groups in total. The number of ether oxygens (including phenoxy) is 1. The summed E-state index contributed by atoms with van der Waals surface area (Å²) in [4.78, 5) is 10.7. The molecule has 0 bridgehead atoms. The Morgan fingerprint density at radius 2 is 2.00 bits per heavy atom. The van der Waals surface area contributed by atoms with Crippen molar-refractivity contribution in [2.75, 3.05) is 0 Å². The number of hydrogen-bond donors (Lipinski definition) is 2. The van der Waals surface area contributed by atoms with E-state index < -0.39 is 0 Å². The van der Waals surface area contributed by atoms with Crippen molar-refractivity contribution in [1.29, 1.82) is 0 Å². The van der Waals surface area contributed by atoms with Gasteiger partial charge in [0.25, 0.3) is 0 Å². The van der Waals surface area contributed by atoms with Gasteiger partial charge in [0, 0.05) is 5.56 Å². The Balaban J connectivity index is 0.000000336. The average Bonchev–Trinajstić information content (AvgIpc) is 2.48. The van der Waals surface area contributed by atoms with E-state index in [2.05, 4.69) is 5.90 Å². The van der Waals surface area contributed by atoms with Gasteiger partial charge in [-0.25, -0.2) is 5.90 Å². The molecule has 4 nitrogen and oxygen atoms in total. The maximum atomic E-state index is 10.7. The number of rotatable bonds is 0. The molecule has 0 saturated carbocycles. The van der Waals surface area contributed by atoms with Crippen molar-refractivity contribution >= 4 is 5.97 Å². The zero-order valence-electron chi connectivity index (χ0n) is 6.36. The molecule has 12 heavy (non-hydrogen) atoms. The lowest BCUT2D eigenvalue weighted by molar-refractivity contribution is -0.131. The lowest BCUT2D eigenvalue weighted by Crippen LogP contribution is -1.99. The van der Waals surface area contributed by atoms with Gasteiger partial charge in [0.2, 0.25) is 0 Å². The highest BCUT2D eigenvalue weighted by molar-refractivity contribution is 5.80. The predicted octanol–water partition coefficient (Wildman–Crippen LogP) is 0.482. The van der Waals surface area contributed by atoms with Crippen LogP contribution >= 0.6 is 0 Å². The van der Waals surface area contributed by atoms with Gasteiger partial charge < -0.3 is 9.94 Å². The first kappa shape index (κ1) is 8.70. The second kappa shape index (κ2) is 3.85. The molecule has 0 amide bonds. The summed E-state index contributed by atoms with van der Waals surface area (Å²) in [6.45, 7) is 0. The first-order valence-electron chi connectivity index (χ1n) is 3.41. The monoisotopic (exact) mass is 167 g/mol. The van der Waals surface area contributed by atoms with Crippen LogP contribution in [-0.2, 0) is 11.2 Å². The third kappa shape index (κ3) is 1.61. The molecule has 1 aromatic carbocycles. The largest absolute Gasteiger partial charge is 0.426 e. The maximum absolute atomic E-state index is 10.7. The molecule has 1 aliphatic heterocycles. The SMILES string of the molecule is NO.O=C1Cc2ccccc2O1. The number of benzene rings is 1. The Kier molecular flexibility index (Phi) is 2.79. The highest BCUT2D eigenvalue weighted by Gasteiger charge is 2.18. The number of nitrogens with two attached hydrogens (primary N) is 1. The van der Waals surface area contributed by atoms with Crippen LogP contribution in [0.1, 0.15) is 5.56 Å². The van der Waals surface area contributed by atoms with Crippen molar-refractivity contribution in [3.05, 3.63) is 29.8 Å². The molecule has 0 radical (unpaired) electrons. The van der Waals surface area contributed by atoms with Gasteiger partial charge in [0.05, 0.1) is 6.42 Å². The van der Waals surface area contributed by atoms with E-state index in [1.165, 1.54) is 0 Å². The molecule has 64 valence electrons. The van der Waals surface area contributed by atoms with E-state index in [9.17, 15) is 4.79 Å². The smallest absolute Gasteiger partial charge is 0.315 e. The van der Waals surface area contributed by atoms with E-state index >= 15 is 0 Å². The zero-order chi connectivity index (χ0) is 8.97. The Morgan fingerprint density at radius 3 is 2.67 bits per heavy atom. The topological polar surface area (TPSA) is 72.5 Å². The molecule has 0 unspecified atom stereocenters. The molecule has 0 fully saturated rings. The van der Waals surface area contributed by atoms with Gasteiger partial charge >= 0.3 is 5.97 Å². The third-order valence-electron chi connectivity index (χ3n) is 1.53. The second-order valence-corrected chi connectivity index (χ2v) is 2.26. The summed E-state index contributed by atoms with van der Waals surface area (Å²) in [6, 6.07) is 7.47. The number of para-hydroxylation sites is 1. The fourth-order valence-corrected chi connectivity index (χ4v) is 1.06. The zero-order valence-corrected chi connectivity index (χ0v) is 6.36. The Morgan fingerprint density at radius 1 is 1.33 bits per heavy atom. The second-order valence-electron chi connectivity index (χ2n) is 2.26. The lowest BCUT2D eigenvalue weighted by atomic mass is 10.2.